The molecule has 0 bridgehead atoms. The molecule has 1 aromatic carbocycles. The lowest BCUT2D eigenvalue weighted by Crippen LogP contribution is -2.17. The lowest BCUT2D eigenvalue weighted by atomic mass is 10.2. The summed E-state index contributed by atoms with van der Waals surface area (Å²) >= 11 is 1.41. The largest absolute Gasteiger partial charge is 0.377 e. The van der Waals surface area contributed by atoms with Crippen LogP contribution in [0.3, 0.4) is 0 Å². The molecule has 0 fully saturated rings. The molecule has 0 aliphatic heterocycles. The van der Waals surface area contributed by atoms with Crippen molar-refractivity contribution in [2.45, 2.75) is 6.92 Å². The molecule has 0 radical (unpaired) electrons. The van der Waals surface area contributed by atoms with Crippen molar-refractivity contribution in [3.63, 3.8) is 0 Å². The van der Waals surface area contributed by atoms with Crippen molar-refractivity contribution in [2.75, 3.05) is 19.0 Å². The summed E-state index contributed by atoms with van der Waals surface area (Å²) in [5.41, 5.74) is 3.44. The lowest BCUT2D eigenvalue weighted by Gasteiger charge is -2.14. The van der Waals surface area contributed by atoms with Gasteiger partial charge in [-0.2, -0.15) is 0 Å². The SMILES string of the molecule is Cc1cc(N(C)C)c2c(n1)sc1c(=O)n(-c3ccccc3)cnc12. The molecule has 0 atom stereocenters. The first-order valence-electron chi connectivity index (χ1n) is 7.60. The molecule has 0 amide bonds. The summed E-state index contributed by atoms with van der Waals surface area (Å²) in [4.78, 5) is 25.0. The Balaban J connectivity index is 2.10. The van der Waals surface area contributed by atoms with E-state index in [1.807, 2.05) is 62.3 Å². The average molecular weight is 336 g/mol. The second-order valence-electron chi connectivity index (χ2n) is 5.89. The number of pyridine rings is 1. The zero-order chi connectivity index (χ0) is 16.8. The zero-order valence-electron chi connectivity index (χ0n) is 13.6. The minimum absolute atomic E-state index is 0.0587. The highest BCUT2D eigenvalue weighted by molar-refractivity contribution is 7.25. The smallest absolute Gasteiger partial charge is 0.275 e. The number of aromatic nitrogens is 3. The van der Waals surface area contributed by atoms with Crippen LogP contribution in [0.4, 0.5) is 5.69 Å². The maximum Gasteiger partial charge on any atom is 0.275 e. The van der Waals surface area contributed by atoms with Crippen LogP contribution in [0.5, 0.6) is 0 Å². The normalized spacial score (nSPS) is 11.3. The van der Waals surface area contributed by atoms with Gasteiger partial charge in [0.2, 0.25) is 0 Å². The summed E-state index contributed by atoms with van der Waals surface area (Å²) in [7, 11) is 3.98. The van der Waals surface area contributed by atoms with Crippen molar-refractivity contribution in [3.05, 3.63) is 58.8 Å². The highest BCUT2D eigenvalue weighted by Gasteiger charge is 2.17. The molecule has 0 N–H and O–H groups in total. The highest BCUT2D eigenvalue weighted by Crippen LogP contribution is 2.36. The molecule has 0 aliphatic carbocycles. The number of para-hydroxylation sites is 1. The topological polar surface area (TPSA) is 51.0 Å². The number of fused-ring (bicyclic) bond motifs is 3. The Morgan fingerprint density at radius 2 is 1.92 bits per heavy atom. The molecule has 0 saturated carbocycles. The van der Waals surface area contributed by atoms with Gasteiger partial charge in [0, 0.05) is 19.8 Å². The van der Waals surface area contributed by atoms with E-state index in [2.05, 4.69) is 9.97 Å². The summed E-state index contributed by atoms with van der Waals surface area (Å²) in [5.74, 6) is 0. The summed E-state index contributed by atoms with van der Waals surface area (Å²) in [6.45, 7) is 1.96. The molecular weight excluding hydrogens is 320 g/mol. The molecule has 5 nitrogen and oxygen atoms in total. The van der Waals surface area contributed by atoms with Crippen molar-refractivity contribution < 1.29 is 0 Å². The van der Waals surface area contributed by atoms with E-state index in [4.69, 9.17) is 0 Å². The Kier molecular flexibility index (Phi) is 3.35. The molecule has 3 heterocycles. The van der Waals surface area contributed by atoms with Gasteiger partial charge in [0.05, 0.1) is 16.8 Å². The van der Waals surface area contributed by atoms with Crippen LogP contribution >= 0.6 is 11.3 Å². The van der Waals surface area contributed by atoms with Gasteiger partial charge in [-0.1, -0.05) is 18.2 Å². The van der Waals surface area contributed by atoms with E-state index in [1.165, 1.54) is 11.3 Å². The van der Waals surface area contributed by atoms with Gasteiger partial charge >= 0.3 is 0 Å². The molecule has 0 spiro atoms. The van der Waals surface area contributed by atoms with E-state index in [-0.39, 0.29) is 5.56 Å². The molecule has 120 valence electrons. The quantitative estimate of drug-likeness (QED) is 0.563. The van der Waals surface area contributed by atoms with Gasteiger partial charge in [-0.3, -0.25) is 9.36 Å². The third kappa shape index (κ3) is 2.18. The first-order chi connectivity index (χ1) is 11.6. The fraction of sp³-hybridized carbons (Fsp3) is 0.167. The van der Waals surface area contributed by atoms with Crippen LogP contribution in [-0.2, 0) is 0 Å². The first kappa shape index (κ1) is 14.8. The second kappa shape index (κ2) is 5.42. The summed E-state index contributed by atoms with van der Waals surface area (Å²) < 4.78 is 2.22. The second-order valence-corrected chi connectivity index (χ2v) is 6.89. The Morgan fingerprint density at radius 1 is 1.17 bits per heavy atom. The Labute approximate surface area is 142 Å². The van der Waals surface area contributed by atoms with Crippen molar-refractivity contribution in [1.82, 2.24) is 14.5 Å². The van der Waals surface area contributed by atoms with Crippen LogP contribution < -0.4 is 10.5 Å². The number of rotatable bonds is 2. The fourth-order valence-corrected chi connectivity index (χ4v) is 3.98. The minimum Gasteiger partial charge on any atom is -0.377 e. The molecule has 0 saturated heterocycles. The van der Waals surface area contributed by atoms with Gasteiger partial charge in [-0.25, -0.2) is 9.97 Å². The van der Waals surface area contributed by atoms with Crippen molar-refractivity contribution in [3.8, 4) is 5.69 Å². The standard InChI is InChI=1S/C18H16N4OS/c1-11-9-13(21(2)3)14-15-16(24-17(14)20-11)18(23)22(10-19-15)12-7-5-4-6-8-12/h4-10H,1-3H3. The maximum atomic E-state index is 13.0. The molecule has 4 aromatic rings. The van der Waals surface area contributed by atoms with Crippen LogP contribution in [0.2, 0.25) is 0 Å². The number of benzene rings is 1. The predicted molar refractivity (Wildman–Crippen MR) is 99.6 cm³/mol. The molecule has 0 aliphatic rings. The van der Waals surface area contributed by atoms with E-state index in [1.54, 1.807) is 10.9 Å². The fourth-order valence-electron chi connectivity index (χ4n) is 2.85. The monoisotopic (exact) mass is 336 g/mol. The maximum absolute atomic E-state index is 13.0. The third-order valence-corrected chi connectivity index (χ3v) is 5.04. The number of aryl methyl sites for hydroxylation is 1. The van der Waals surface area contributed by atoms with Crippen molar-refractivity contribution in [2.24, 2.45) is 0 Å². The van der Waals surface area contributed by atoms with E-state index >= 15 is 0 Å². The Bertz CT molecular complexity index is 1110. The van der Waals surface area contributed by atoms with Crippen LogP contribution in [0.1, 0.15) is 5.69 Å². The van der Waals surface area contributed by atoms with Gasteiger partial charge in [0.15, 0.2) is 0 Å². The highest BCUT2D eigenvalue weighted by atomic mass is 32.1. The third-order valence-electron chi connectivity index (χ3n) is 3.98. The van der Waals surface area contributed by atoms with Gasteiger partial charge < -0.3 is 4.90 Å². The van der Waals surface area contributed by atoms with Gasteiger partial charge in [0.25, 0.3) is 5.56 Å². The van der Waals surface area contributed by atoms with E-state index in [9.17, 15) is 4.79 Å². The summed E-state index contributed by atoms with van der Waals surface area (Å²) in [5, 5.41) is 0.947. The molecule has 24 heavy (non-hydrogen) atoms. The minimum atomic E-state index is -0.0587. The van der Waals surface area contributed by atoms with Gasteiger partial charge in [-0.15, -0.1) is 11.3 Å². The number of hydrogen-bond acceptors (Lipinski definition) is 5. The number of anilines is 1. The molecular formula is C18H16N4OS. The molecule has 4 rings (SSSR count). The number of nitrogens with zero attached hydrogens (tertiary/aromatic N) is 4. The summed E-state index contributed by atoms with van der Waals surface area (Å²) in [6, 6.07) is 11.6. The first-order valence-corrected chi connectivity index (χ1v) is 8.42. The van der Waals surface area contributed by atoms with E-state index < -0.39 is 0 Å². The van der Waals surface area contributed by atoms with Crippen LogP contribution in [0.25, 0.3) is 26.1 Å². The van der Waals surface area contributed by atoms with Crippen molar-refractivity contribution >= 4 is 37.5 Å². The Hall–Kier alpha value is -2.73. The summed E-state index contributed by atoms with van der Waals surface area (Å²) in [6.07, 6.45) is 1.60. The zero-order valence-corrected chi connectivity index (χ0v) is 14.5. The van der Waals surface area contributed by atoms with Crippen LogP contribution in [0, 0.1) is 6.92 Å². The van der Waals surface area contributed by atoms with E-state index in [0.29, 0.717) is 4.70 Å². The number of hydrogen-bond donors (Lipinski definition) is 0. The van der Waals surface area contributed by atoms with Crippen LogP contribution in [0.15, 0.2) is 47.5 Å². The Morgan fingerprint density at radius 3 is 2.62 bits per heavy atom. The molecule has 6 heteroatoms. The van der Waals surface area contributed by atoms with Gasteiger partial charge in [-0.05, 0) is 25.1 Å². The molecule has 3 aromatic heterocycles. The van der Waals surface area contributed by atoms with Gasteiger partial charge in [0.1, 0.15) is 21.4 Å². The molecule has 0 unspecified atom stereocenters. The van der Waals surface area contributed by atoms with Crippen LogP contribution in [-0.4, -0.2) is 28.6 Å². The lowest BCUT2D eigenvalue weighted by molar-refractivity contribution is 0.967. The number of thiophene rings is 1. The predicted octanol–water partition coefficient (Wildman–Crippen LogP) is 3.37. The van der Waals surface area contributed by atoms with E-state index in [0.717, 1.165) is 32.8 Å². The van der Waals surface area contributed by atoms with Crippen molar-refractivity contribution in [1.29, 1.82) is 0 Å². The average Bonchev–Trinajstić information content (AvgIpc) is 2.94.